The molecule has 0 atom stereocenters. The van der Waals surface area contributed by atoms with Crippen LogP contribution in [0.2, 0.25) is 0 Å². The molecule has 132 valence electrons. The van der Waals surface area contributed by atoms with Crippen LogP contribution in [0.4, 0.5) is 0 Å². The predicted molar refractivity (Wildman–Crippen MR) is 99.9 cm³/mol. The van der Waals surface area contributed by atoms with Gasteiger partial charge in [0.15, 0.2) is 0 Å². The summed E-state index contributed by atoms with van der Waals surface area (Å²) in [5, 5.41) is 6.51. The van der Waals surface area contributed by atoms with E-state index in [1.54, 1.807) is 0 Å². The summed E-state index contributed by atoms with van der Waals surface area (Å²) in [4.78, 5) is 24.4. The zero-order valence-electron chi connectivity index (χ0n) is 14.9. The zero-order valence-corrected chi connectivity index (χ0v) is 16.5. The van der Waals surface area contributed by atoms with Gasteiger partial charge in [0.25, 0.3) is 5.91 Å². The number of ketones is 1. The highest BCUT2D eigenvalue weighted by atomic mass is 79.9. The van der Waals surface area contributed by atoms with E-state index in [1.165, 1.54) is 0 Å². The Hall–Kier alpha value is -1.20. The summed E-state index contributed by atoms with van der Waals surface area (Å²) in [5.41, 5.74) is 0.948. The monoisotopic (exact) mass is 394 g/mol. The van der Waals surface area contributed by atoms with E-state index in [9.17, 15) is 9.59 Å². The molecule has 1 aliphatic heterocycles. The van der Waals surface area contributed by atoms with E-state index in [0.717, 1.165) is 22.9 Å². The fourth-order valence-electron chi connectivity index (χ4n) is 3.71. The second kappa shape index (κ2) is 7.36. The predicted octanol–water partition coefficient (Wildman–Crippen LogP) is 3.38. The number of rotatable bonds is 5. The van der Waals surface area contributed by atoms with Crippen LogP contribution in [0.3, 0.4) is 0 Å². The lowest BCUT2D eigenvalue weighted by Gasteiger charge is -2.46. The number of hydrogen-bond acceptors (Lipinski definition) is 3. The fraction of sp³-hybridized carbons (Fsp3) is 0.579. The van der Waals surface area contributed by atoms with E-state index >= 15 is 0 Å². The first-order chi connectivity index (χ1) is 11.1. The molecule has 1 amide bonds. The van der Waals surface area contributed by atoms with Crippen LogP contribution in [0.25, 0.3) is 0 Å². The summed E-state index contributed by atoms with van der Waals surface area (Å²) in [5.74, 6) is -0.794. The Labute approximate surface area is 152 Å². The van der Waals surface area contributed by atoms with Gasteiger partial charge >= 0.3 is 0 Å². The molecule has 0 spiro atoms. The third-order valence-corrected chi connectivity index (χ3v) is 4.86. The molecule has 24 heavy (non-hydrogen) atoms. The summed E-state index contributed by atoms with van der Waals surface area (Å²) in [7, 11) is 0. The molecule has 1 saturated heterocycles. The molecule has 1 aliphatic rings. The molecule has 0 bridgehead atoms. The van der Waals surface area contributed by atoms with Crippen molar-refractivity contribution in [2.75, 3.05) is 0 Å². The summed E-state index contributed by atoms with van der Waals surface area (Å²) < 4.78 is 1.01. The molecule has 0 saturated carbocycles. The fourth-order valence-corrected chi connectivity index (χ4v) is 3.98. The van der Waals surface area contributed by atoms with Crippen molar-refractivity contribution in [2.45, 2.75) is 70.5 Å². The van der Waals surface area contributed by atoms with Gasteiger partial charge in [-0.1, -0.05) is 28.1 Å². The summed E-state index contributed by atoms with van der Waals surface area (Å²) in [6.07, 6.45) is 2.47. The van der Waals surface area contributed by atoms with Gasteiger partial charge in [-0.2, -0.15) is 0 Å². The Morgan fingerprint density at radius 2 is 1.67 bits per heavy atom. The van der Waals surface area contributed by atoms with Gasteiger partial charge in [-0.05, 0) is 64.7 Å². The third-order valence-electron chi connectivity index (χ3n) is 4.33. The van der Waals surface area contributed by atoms with Crippen LogP contribution < -0.4 is 10.6 Å². The highest BCUT2D eigenvalue weighted by molar-refractivity contribution is 9.10. The van der Waals surface area contributed by atoms with E-state index in [-0.39, 0.29) is 29.3 Å². The number of piperidine rings is 1. The van der Waals surface area contributed by atoms with Crippen molar-refractivity contribution in [1.29, 1.82) is 0 Å². The van der Waals surface area contributed by atoms with Crippen molar-refractivity contribution in [2.24, 2.45) is 0 Å². The molecule has 1 aromatic rings. The number of carbonyl (C=O) groups excluding carboxylic acids is 2. The minimum absolute atomic E-state index is 0.0281. The number of amides is 1. The number of halogens is 1. The van der Waals surface area contributed by atoms with Crippen LogP contribution in [0.1, 0.15) is 52.5 Å². The average molecular weight is 395 g/mol. The van der Waals surface area contributed by atoms with Gasteiger partial charge in [-0.15, -0.1) is 0 Å². The van der Waals surface area contributed by atoms with E-state index in [1.807, 2.05) is 24.3 Å². The summed E-state index contributed by atoms with van der Waals surface area (Å²) in [6, 6.07) is 7.85. The van der Waals surface area contributed by atoms with Crippen LogP contribution in [0.5, 0.6) is 0 Å². The van der Waals surface area contributed by atoms with E-state index in [4.69, 9.17) is 0 Å². The van der Waals surface area contributed by atoms with Gasteiger partial charge in [-0.3, -0.25) is 9.59 Å². The first-order valence-electron chi connectivity index (χ1n) is 8.44. The van der Waals surface area contributed by atoms with Crippen molar-refractivity contribution in [3.8, 4) is 0 Å². The first-order valence-corrected chi connectivity index (χ1v) is 9.23. The minimum Gasteiger partial charge on any atom is -0.347 e. The van der Waals surface area contributed by atoms with Crippen LogP contribution in [-0.2, 0) is 16.0 Å². The molecule has 0 radical (unpaired) electrons. The SMILES string of the molecule is CC1(C)CC(NC(=O)C(=O)CCc2ccc(Br)cc2)CC(C)(C)N1. The van der Waals surface area contributed by atoms with Crippen molar-refractivity contribution >= 4 is 27.6 Å². The Bertz CT molecular complexity index is 592. The quantitative estimate of drug-likeness (QED) is 0.752. The standard InChI is InChI=1S/C19H27BrN2O2/c1-18(2)11-15(12-19(3,4)22-18)21-17(24)16(23)10-7-13-5-8-14(20)9-6-13/h5-6,8-9,15,22H,7,10-12H2,1-4H3,(H,21,24). The van der Waals surface area contributed by atoms with Crippen molar-refractivity contribution in [1.82, 2.24) is 10.6 Å². The average Bonchev–Trinajstić information content (AvgIpc) is 2.42. The maximum absolute atomic E-state index is 12.2. The highest BCUT2D eigenvalue weighted by Crippen LogP contribution is 2.28. The number of hydrogen-bond donors (Lipinski definition) is 2. The number of Topliss-reactive ketones (excluding diaryl/α,β-unsaturated/α-hetero) is 1. The lowest BCUT2D eigenvalue weighted by molar-refractivity contribution is -0.138. The molecular weight excluding hydrogens is 368 g/mol. The number of nitrogens with one attached hydrogen (secondary N) is 2. The Morgan fingerprint density at radius 1 is 1.12 bits per heavy atom. The number of carbonyl (C=O) groups is 2. The van der Waals surface area contributed by atoms with Crippen molar-refractivity contribution in [3.05, 3.63) is 34.3 Å². The van der Waals surface area contributed by atoms with Crippen LogP contribution in [-0.4, -0.2) is 28.8 Å². The van der Waals surface area contributed by atoms with Crippen LogP contribution >= 0.6 is 15.9 Å². The molecule has 5 heteroatoms. The van der Waals surface area contributed by atoms with Gasteiger partial charge in [0, 0.05) is 28.0 Å². The van der Waals surface area contributed by atoms with Gasteiger partial charge in [-0.25, -0.2) is 0 Å². The molecule has 2 N–H and O–H groups in total. The van der Waals surface area contributed by atoms with E-state index in [0.29, 0.717) is 6.42 Å². The summed E-state index contributed by atoms with van der Waals surface area (Å²) >= 11 is 3.39. The second-order valence-electron chi connectivity index (χ2n) is 8.02. The van der Waals surface area contributed by atoms with Crippen molar-refractivity contribution < 1.29 is 9.59 Å². The second-order valence-corrected chi connectivity index (χ2v) is 8.94. The molecule has 2 rings (SSSR count). The van der Waals surface area contributed by atoms with Gasteiger partial charge in [0.1, 0.15) is 0 Å². The Morgan fingerprint density at radius 3 is 2.21 bits per heavy atom. The molecule has 1 fully saturated rings. The van der Waals surface area contributed by atoms with E-state index < -0.39 is 5.91 Å². The van der Waals surface area contributed by atoms with Crippen LogP contribution in [0.15, 0.2) is 28.7 Å². The molecule has 0 aliphatic carbocycles. The first kappa shape index (κ1) is 19.1. The Balaban J connectivity index is 1.87. The lowest BCUT2D eigenvalue weighted by atomic mass is 9.79. The third kappa shape index (κ3) is 5.71. The number of benzene rings is 1. The smallest absolute Gasteiger partial charge is 0.287 e. The number of aryl methyl sites for hydroxylation is 1. The van der Waals surface area contributed by atoms with Gasteiger partial charge in [0.05, 0.1) is 0 Å². The van der Waals surface area contributed by atoms with E-state index in [2.05, 4.69) is 54.3 Å². The molecule has 4 nitrogen and oxygen atoms in total. The minimum atomic E-state index is -0.453. The molecule has 0 unspecified atom stereocenters. The van der Waals surface area contributed by atoms with Crippen LogP contribution in [0, 0.1) is 0 Å². The van der Waals surface area contributed by atoms with Gasteiger partial charge < -0.3 is 10.6 Å². The molecule has 1 aromatic carbocycles. The van der Waals surface area contributed by atoms with Gasteiger partial charge in [0.2, 0.25) is 5.78 Å². The maximum atomic E-state index is 12.2. The lowest BCUT2D eigenvalue weighted by Crippen LogP contribution is -2.62. The molecular formula is C19H27BrN2O2. The maximum Gasteiger partial charge on any atom is 0.287 e. The topological polar surface area (TPSA) is 58.2 Å². The summed E-state index contributed by atoms with van der Waals surface area (Å²) in [6.45, 7) is 8.51. The van der Waals surface area contributed by atoms with Crippen molar-refractivity contribution in [3.63, 3.8) is 0 Å². The Kier molecular flexibility index (Phi) is 5.87. The normalized spacial score (nSPS) is 19.7. The largest absolute Gasteiger partial charge is 0.347 e. The zero-order chi connectivity index (χ0) is 18.0. The highest BCUT2D eigenvalue weighted by Gasteiger charge is 2.38. The molecule has 1 heterocycles. The molecule has 0 aromatic heterocycles.